The molecule has 0 aliphatic carbocycles. The molecule has 0 spiro atoms. The van der Waals surface area contributed by atoms with E-state index >= 15 is 0 Å². The summed E-state index contributed by atoms with van der Waals surface area (Å²) in [5, 5.41) is 2.21. The molecule has 0 aromatic rings. The largest absolute Gasteiger partial charge is 0.361 e. The Morgan fingerprint density at radius 2 is 2.27 bits per heavy atom. The van der Waals surface area contributed by atoms with Crippen LogP contribution < -0.4 is 11.1 Å². The van der Waals surface area contributed by atoms with Gasteiger partial charge >= 0.3 is 12.2 Å². The van der Waals surface area contributed by atoms with Gasteiger partial charge in [0.15, 0.2) is 0 Å². The van der Waals surface area contributed by atoms with E-state index in [0.717, 1.165) is 6.21 Å². The highest BCUT2D eigenvalue weighted by molar-refractivity contribution is 6.25. The average molecular weight is 156 g/mol. The Morgan fingerprint density at radius 3 is 2.73 bits per heavy atom. The van der Waals surface area contributed by atoms with Crippen molar-refractivity contribution in [3.05, 3.63) is 5.53 Å². The van der Waals surface area contributed by atoms with Crippen LogP contribution >= 0.6 is 0 Å². The number of hydrogen-bond acceptors (Lipinski definition) is 2. The lowest BCUT2D eigenvalue weighted by Gasteiger charge is -1.94. The highest BCUT2D eigenvalue weighted by Crippen LogP contribution is 1.75. The number of rotatable bonds is 4. The smallest absolute Gasteiger partial charge is 0.323 e. The summed E-state index contributed by atoms with van der Waals surface area (Å²) in [5.74, 6) is -0.374. The third kappa shape index (κ3) is 6.20. The number of hydrogen-bond donors (Lipinski definition) is 2. The van der Waals surface area contributed by atoms with Crippen molar-refractivity contribution in [3.63, 3.8) is 0 Å². The number of carbonyl (C=O) groups is 2. The Hall–Kier alpha value is -1.68. The molecule has 0 fully saturated rings. The first kappa shape index (κ1) is 9.32. The van der Waals surface area contributed by atoms with E-state index in [2.05, 4.69) is 10.1 Å². The predicted octanol–water partition coefficient (Wildman–Crippen LogP) is -1.09. The average Bonchev–Trinajstić information content (AvgIpc) is 1.87. The van der Waals surface area contributed by atoms with E-state index in [1.807, 2.05) is 0 Å². The van der Waals surface area contributed by atoms with Crippen LogP contribution in [0.15, 0.2) is 0 Å². The van der Waals surface area contributed by atoms with Gasteiger partial charge in [-0.1, -0.05) is 0 Å². The van der Waals surface area contributed by atoms with Gasteiger partial charge in [0.05, 0.1) is 0 Å². The molecule has 0 aliphatic heterocycles. The summed E-state index contributed by atoms with van der Waals surface area (Å²) in [6.45, 7) is 0.153. The van der Waals surface area contributed by atoms with Crippen molar-refractivity contribution >= 4 is 18.0 Å². The van der Waals surface area contributed by atoms with Crippen LogP contribution in [0.2, 0.25) is 0 Å². The molecule has 0 aromatic carbocycles. The first-order valence-corrected chi connectivity index (χ1v) is 2.90. The molecular formula is C5H8N4O2. The van der Waals surface area contributed by atoms with Crippen molar-refractivity contribution in [1.29, 1.82) is 0 Å². The van der Waals surface area contributed by atoms with E-state index < -0.39 is 6.03 Å². The van der Waals surface area contributed by atoms with Gasteiger partial charge in [-0.3, -0.25) is 4.79 Å². The Labute approximate surface area is 63.0 Å². The monoisotopic (exact) mass is 156 g/mol. The first-order chi connectivity index (χ1) is 5.16. The zero-order valence-corrected chi connectivity index (χ0v) is 5.78. The second-order valence-electron chi connectivity index (χ2n) is 1.75. The van der Waals surface area contributed by atoms with Gasteiger partial charge in [0.25, 0.3) is 0 Å². The highest BCUT2D eigenvalue weighted by atomic mass is 16.2. The maximum atomic E-state index is 10.5. The zero-order chi connectivity index (χ0) is 8.69. The second kappa shape index (κ2) is 5.13. The standard InChI is InChI=1S/C5H8N4O2/c6-5(11)8-2-1-4(10)3-9-7/h3H,1-2H2,(H3,6,8,11). The number of urea groups is 1. The summed E-state index contributed by atoms with van der Waals surface area (Å²) in [5.41, 5.74) is 12.6. The SMILES string of the molecule is [N-]=[N+]=CC(=O)CCNC(N)=O. The number of nitrogens with zero attached hydrogens (tertiary/aromatic N) is 2. The van der Waals surface area contributed by atoms with Gasteiger partial charge in [-0.05, 0) is 0 Å². The molecule has 11 heavy (non-hydrogen) atoms. The zero-order valence-electron chi connectivity index (χ0n) is 5.78. The Kier molecular flexibility index (Phi) is 4.35. The molecule has 0 unspecified atom stereocenters. The third-order valence-corrected chi connectivity index (χ3v) is 0.872. The van der Waals surface area contributed by atoms with Gasteiger partial charge in [0.1, 0.15) is 0 Å². The number of nitrogens with one attached hydrogen (secondary N) is 1. The molecule has 0 radical (unpaired) electrons. The maximum absolute atomic E-state index is 10.5. The minimum Gasteiger partial charge on any atom is -0.361 e. The van der Waals surface area contributed by atoms with E-state index in [1.54, 1.807) is 0 Å². The molecule has 0 aromatic heterocycles. The Balaban J connectivity index is 3.47. The van der Waals surface area contributed by atoms with Crippen molar-refractivity contribution in [1.82, 2.24) is 5.32 Å². The molecule has 0 bridgehead atoms. The minimum atomic E-state index is -0.682. The van der Waals surface area contributed by atoms with E-state index in [1.165, 1.54) is 0 Å². The van der Waals surface area contributed by atoms with Gasteiger partial charge in [-0.2, -0.15) is 4.79 Å². The topological polar surface area (TPSA) is 109 Å². The third-order valence-electron chi connectivity index (χ3n) is 0.872. The molecule has 6 heteroatoms. The fraction of sp³-hybridized carbons (Fsp3) is 0.400. The van der Waals surface area contributed by atoms with E-state index in [0.29, 0.717) is 0 Å². The number of primary amides is 1. The van der Waals surface area contributed by atoms with Crippen molar-refractivity contribution in [2.45, 2.75) is 6.42 Å². The highest BCUT2D eigenvalue weighted by Gasteiger charge is 2.01. The fourth-order valence-electron chi connectivity index (χ4n) is 0.438. The van der Waals surface area contributed by atoms with Crippen molar-refractivity contribution in [2.75, 3.05) is 6.54 Å². The first-order valence-electron chi connectivity index (χ1n) is 2.90. The molecule has 0 rings (SSSR count). The van der Waals surface area contributed by atoms with Gasteiger partial charge in [-0.25, -0.2) is 4.79 Å². The van der Waals surface area contributed by atoms with Gasteiger partial charge < -0.3 is 16.6 Å². The maximum Gasteiger partial charge on any atom is 0.323 e. The van der Waals surface area contributed by atoms with Crippen LogP contribution in [-0.2, 0) is 4.79 Å². The number of carbonyl (C=O) groups excluding carboxylic acids is 2. The lowest BCUT2D eigenvalue weighted by Crippen LogP contribution is -2.31. The summed E-state index contributed by atoms with van der Waals surface area (Å²) in [7, 11) is 0. The molecule has 0 heterocycles. The van der Waals surface area contributed by atoms with Gasteiger partial charge in [0, 0.05) is 13.0 Å². The second-order valence-corrected chi connectivity index (χ2v) is 1.75. The van der Waals surface area contributed by atoms with E-state index in [4.69, 9.17) is 11.3 Å². The minimum absolute atomic E-state index is 0.0764. The number of amides is 2. The lowest BCUT2D eigenvalue weighted by molar-refractivity contribution is -0.115. The molecule has 0 atom stereocenters. The summed E-state index contributed by atoms with van der Waals surface area (Å²) in [6.07, 6.45) is 0.843. The van der Waals surface area contributed by atoms with Crippen LogP contribution in [0.25, 0.3) is 5.53 Å². The molecule has 3 N–H and O–H groups in total. The number of ketones is 1. The van der Waals surface area contributed by atoms with Gasteiger partial charge in [-0.15, -0.1) is 0 Å². The number of Topliss-reactive ketones (excluding diaryl/α,β-unsaturated/α-hetero) is 1. The summed E-state index contributed by atoms with van der Waals surface area (Å²) in [4.78, 5) is 23.1. The molecule has 0 saturated heterocycles. The molecule has 2 amide bonds. The molecule has 0 saturated carbocycles. The normalized spacial score (nSPS) is 8.00. The van der Waals surface area contributed by atoms with Crippen LogP contribution in [-0.4, -0.2) is 29.4 Å². The molecular weight excluding hydrogens is 148 g/mol. The van der Waals surface area contributed by atoms with Crippen LogP contribution in [0.4, 0.5) is 4.79 Å². The van der Waals surface area contributed by atoms with E-state index in [9.17, 15) is 9.59 Å². The summed E-state index contributed by atoms with van der Waals surface area (Å²) in [6, 6.07) is -0.682. The van der Waals surface area contributed by atoms with Gasteiger partial charge in [0.2, 0.25) is 5.78 Å². The van der Waals surface area contributed by atoms with Crippen LogP contribution in [0, 0.1) is 0 Å². The predicted molar refractivity (Wildman–Crippen MR) is 36.9 cm³/mol. The molecule has 60 valence electrons. The fourth-order valence-corrected chi connectivity index (χ4v) is 0.438. The number of nitrogens with two attached hydrogens (primary N) is 1. The Bertz CT molecular complexity index is 207. The van der Waals surface area contributed by atoms with Crippen LogP contribution in [0.5, 0.6) is 0 Å². The summed E-state index contributed by atoms with van der Waals surface area (Å²) >= 11 is 0. The van der Waals surface area contributed by atoms with Crippen molar-refractivity contribution in [3.8, 4) is 0 Å². The molecule has 6 nitrogen and oxygen atoms in total. The Morgan fingerprint density at radius 1 is 1.64 bits per heavy atom. The van der Waals surface area contributed by atoms with Crippen molar-refractivity contribution < 1.29 is 14.4 Å². The van der Waals surface area contributed by atoms with Crippen molar-refractivity contribution in [2.24, 2.45) is 5.73 Å². The quantitative estimate of drug-likeness (QED) is 0.306. The van der Waals surface area contributed by atoms with Crippen LogP contribution in [0.3, 0.4) is 0 Å². The van der Waals surface area contributed by atoms with E-state index in [-0.39, 0.29) is 18.7 Å². The summed E-state index contributed by atoms with van der Waals surface area (Å²) < 4.78 is 0. The van der Waals surface area contributed by atoms with Crippen LogP contribution in [0.1, 0.15) is 6.42 Å². The molecule has 0 aliphatic rings. The lowest BCUT2D eigenvalue weighted by atomic mass is 10.3.